The summed E-state index contributed by atoms with van der Waals surface area (Å²) in [6.45, 7) is 17.1. The van der Waals surface area contributed by atoms with Crippen molar-refractivity contribution in [3.05, 3.63) is 53.5 Å². The smallest absolute Gasteiger partial charge is 0.145 e. The normalized spacial score (nSPS) is 11.0. The second-order valence-corrected chi connectivity index (χ2v) is 7.97. The molecule has 0 aromatic heterocycles. The Hall–Kier alpha value is -0.800. The first-order chi connectivity index (χ1) is 10.6. The van der Waals surface area contributed by atoms with Crippen molar-refractivity contribution in [2.45, 2.75) is 55.4 Å². The van der Waals surface area contributed by atoms with E-state index in [1.165, 1.54) is 44.5 Å². The van der Waals surface area contributed by atoms with E-state index in [2.05, 4.69) is 87.2 Å². The molecule has 23 heavy (non-hydrogen) atoms. The van der Waals surface area contributed by atoms with E-state index in [-0.39, 0.29) is 0 Å². The Balaban J connectivity index is 2.71. The van der Waals surface area contributed by atoms with Crippen molar-refractivity contribution in [3.63, 3.8) is 0 Å². The monoisotopic (exact) mass is 438 g/mol. The molecule has 0 aliphatic rings. The lowest BCUT2D eigenvalue weighted by Crippen LogP contribution is -2.02. The molecule has 0 saturated heterocycles. The Kier molecular flexibility index (Phi) is 5.32. The van der Waals surface area contributed by atoms with Gasteiger partial charge in [0.25, 0.3) is 0 Å². The molecular weight excluding hydrogens is 416 g/mol. The number of benzene rings is 2. The summed E-state index contributed by atoms with van der Waals surface area (Å²) in [6, 6.07) is 0. The molecule has 0 aliphatic heterocycles. The maximum Gasteiger partial charge on any atom is 0.145 e. The van der Waals surface area contributed by atoms with E-state index in [0.717, 1.165) is 20.4 Å². The van der Waals surface area contributed by atoms with Crippen LogP contribution in [-0.4, -0.2) is 0 Å². The molecule has 0 heterocycles. The first-order valence-electron chi connectivity index (χ1n) is 7.79. The van der Waals surface area contributed by atoms with Gasteiger partial charge in [0.1, 0.15) is 11.5 Å². The molecule has 0 aliphatic carbocycles. The Labute approximate surface area is 156 Å². The van der Waals surface area contributed by atoms with Crippen LogP contribution in [0.3, 0.4) is 0 Å². The summed E-state index contributed by atoms with van der Waals surface area (Å²) in [5.41, 5.74) is 10.0. The first kappa shape index (κ1) is 18.5. The minimum atomic E-state index is 0.914. The number of halogens is 2. The molecule has 0 unspecified atom stereocenters. The summed E-state index contributed by atoms with van der Waals surface area (Å²) in [5.74, 6) is 1.83. The zero-order valence-electron chi connectivity index (χ0n) is 15.2. The highest BCUT2D eigenvalue weighted by atomic mass is 79.9. The van der Waals surface area contributed by atoms with Crippen LogP contribution in [0.2, 0.25) is 0 Å². The molecule has 0 fully saturated rings. The standard InChI is InChI=1S/C20H24Br2O/c1-9-11(3)15(7)19(17(21)13(9)5)23-20-16(8)12(4)10(2)14(6)18(20)22/h1-8H3. The summed E-state index contributed by atoms with van der Waals surface area (Å²) < 4.78 is 8.52. The average Bonchev–Trinajstić information content (AvgIpc) is 2.54. The molecule has 0 radical (unpaired) electrons. The maximum absolute atomic E-state index is 6.44. The fraction of sp³-hybridized carbons (Fsp3) is 0.400. The molecule has 3 heteroatoms. The highest BCUT2D eigenvalue weighted by Gasteiger charge is 2.20. The Bertz CT molecular complexity index is 679. The van der Waals surface area contributed by atoms with Gasteiger partial charge in [0.2, 0.25) is 0 Å². The van der Waals surface area contributed by atoms with E-state index in [1.54, 1.807) is 0 Å². The van der Waals surface area contributed by atoms with E-state index in [1.807, 2.05) is 0 Å². The van der Waals surface area contributed by atoms with Gasteiger partial charge in [-0.05, 0) is 132 Å². The lowest BCUT2D eigenvalue weighted by molar-refractivity contribution is 0.466. The van der Waals surface area contributed by atoms with Gasteiger partial charge in [-0.1, -0.05) is 0 Å². The van der Waals surface area contributed by atoms with Crippen LogP contribution >= 0.6 is 31.9 Å². The molecule has 0 atom stereocenters. The predicted molar refractivity (Wildman–Crippen MR) is 106 cm³/mol. The fourth-order valence-electron chi connectivity index (χ4n) is 2.81. The van der Waals surface area contributed by atoms with E-state index < -0.39 is 0 Å². The number of hydrogen-bond acceptors (Lipinski definition) is 1. The third-order valence-electron chi connectivity index (χ3n) is 5.32. The number of ether oxygens (including phenoxy) is 1. The van der Waals surface area contributed by atoms with Gasteiger partial charge in [0.05, 0.1) is 8.95 Å². The maximum atomic E-state index is 6.44. The predicted octanol–water partition coefficient (Wildman–Crippen LogP) is 7.47. The van der Waals surface area contributed by atoms with Crippen molar-refractivity contribution < 1.29 is 4.74 Å². The number of rotatable bonds is 2. The molecule has 2 aromatic carbocycles. The quantitative estimate of drug-likeness (QED) is 0.471. The van der Waals surface area contributed by atoms with Crippen molar-refractivity contribution in [3.8, 4) is 11.5 Å². The Morgan fingerprint density at radius 1 is 0.435 bits per heavy atom. The molecule has 0 amide bonds. The van der Waals surface area contributed by atoms with E-state index in [4.69, 9.17) is 4.74 Å². The summed E-state index contributed by atoms with van der Waals surface area (Å²) >= 11 is 7.47. The van der Waals surface area contributed by atoms with Crippen LogP contribution in [0.15, 0.2) is 8.95 Å². The van der Waals surface area contributed by atoms with Gasteiger partial charge in [-0.15, -0.1) is 0 Å². The molecular formula is C20H24Br2O. The van der Waals surface area contributed by atoms with Crippen molar-refractivity contribution in [1.82, 2.24) is 0 Å². The Morgan fingerprint density at radius 2 is 0.696 bits per heavy atom. The molecule has 2 rings (SSSR count). The van der Waals surface area contributed by atoms with Crippen LogP contribution in [0.25, 0.3) is 0 Å². The van der Waals surface area contributed by atoms with Gasteiger partial charge >= 0.3 is 0 Å². The van der Waals surface area contributed by atoms with Gasteiger partial charge < -0.3 is 4.74 Å². The lowest BCUT2D eigenvalue weighted by Gasteiger charge is -2.22. The largest absolute Gasteiger partial charge is 0.454 e. The molecule has 0 saturated carbocycles. The number of hydrogen-bond donors (Lipinski definition) is 0. The molecule has 124 valence electrons. The van der Waals surface area contributed by atoms with E-state index in [0.29, 0.717) is 0 Å². The third kappa shape index (κ3) is 2.98. The summed E-state index contributed by atoms with van der Waals surface area (Å²) in [7, 11) is 0. The van der Waals surface area contributed by atoms with Gasteiger partial charge in [-0.3, -0.25) is 0 Å². The second-order valence-electron chi connectivity index (χ2n) is 6.39. The van der Waals surface area contributed by atoms with Crippen molar-refractivity contribution in [2.24, 2.45) is 0 Å². The SMILES string of the molecule is Cc1c(C)c(C)c(Oc2c(C)c(C)c(C)c(C)c2Br)c(Br)c1C. The van der Waals surface area contributed by atoms with Crippen LogP contribution in [0.1, 0.15) is 44.5 Å². The van der Waals surface area contributed by atoms with Crippen LogP contribution in [0.4, 0.5) is 0 Å². The van der Waals surface area contributed by atoms with Crippen LogP contribution < -0.4 is 4.74 Å². The van der Waals surface area contributed by atoms with Gasteiger partial charge in [0.15, 0.2) is 0 Å². The molecule has 0 spiro atoms. The highest BCUT2D eigenvalue weighted by molar-refractivity contribution is 9.11. The zero-order chi connectivity index (χ0) is 17.6. The average molecular weight is 440 g/mol. The van der Waals surface area contributed by atoms with Crippen molar-refractivity contribution >= 4 is 31.9 Å². The molecule has 0 bridgehead atoms. The van der Waals surface area contributed by atoms with Gasteiger partial charge in [-0.2, -0.15) is 0 Å². The zero-order valence-corrected chi connectivity index (χ0v) is 18.3. The van der Waals surface area contributed by atoms with Crippen LogP contribution in [0.5, 0.6) is 11.5 Å². The minimum Gasteiger partial charge on any atom is -0.454 e. The van der Waals surface area contributed by atoms with Gasteiger partial charge in [-0.25, -0.2) is 0 Å². The molecule has 2 aromatic rings. The highest BCUT2D eigenvalue weighted by Crippen LogP contribution is 2.44. The topological polar surface area (TPSA) is 9.23 Å². The molecule has 0 N–H and O–H groups in total. The summed E-state index contributed by atoms with van der Waals surface area (Å²) in [6.07, 6.45) is 0. The minimum absolute atomic E-state index is 0.914. The fourth-order valence-corrected chi connectivity index (χ4v) is 4.16. The van der Waals surface area contributed by atoms with Crippen molar-refractivity contribution in [1.29, 1.82) is 0 Å². The van der Waals surface area contributed by atoms with Crippen molar-refractivity contribution in [2.75, 3.05) is 0 Å². The summed E-state index contributed by atoms with van der Waals surface area (Å²) in [4.78, 5) is 0. The lowest BCUT2D eigenvalue weighted by atomic mass is 9.97. The van der Waals surface area contributed by atoms with Crippen LogP contribution in [-0.2, 0) is 0 Å². The first-order valence-corrected chi connectivity index (χ1v) is 9.37. The van der Waals surface area contributed by atoms with E-state index in [9.17, 15) is 0 Å². The third-order valence-corrected chi connectivity index (χ3v) is 7.23. The van der Waals surface area contributed by atoms with E-state index >= 15 is 0 Å². The molecule has 1 nitrogen and oxygen atoms in total. The Morgan fingerprint density at radius 3 is 1.00 bits per heavy atom. The summed E-state index contributed by atoms with van der Waals surface area (Å²) in [5, 5.41) is 0. The van der Waals surface area contributed by atoms with Crippen LogP contribution in [0, 0.1) is 55.4 Å². The second kappa shape index (κ2) is 6.60. The van der Waals surface area contributed by atoms with Gasteiger partial charge in [0, 0.05) is 0 Å².